The minimum Gasteiger partial charge on any atom is -0.494 e. The molecule has 2 aromatic carbocycles. The number of benzene rings is 2. The quantitative estimate of drug-likeness (QED) is 0.461. The van der Waals surface area contributed by atoms with E-state index >= 15 is 0 Å². The lowest BCUT2D eigenvalue weighted by atomic mass is 10.1. The normalized spacial score (nSPS) is 11.9. The number of thiazole rings is 1. The van der Waals surface area contributed by atoms with Gasteiger partial charge in [-0.05, 0) is 41.8 Å². The number of halogens is 1. The molecule has 2 heterocycles. The van der Waals surface area contributed by atoms with Crippen LogP contribution in [0.1, 0.15) is 30.2 Å². The molecule has 0 aliphatic rings. The highest BCUT2D eigenvalue weighted by Crippen LogP contribution is 2.17. The van der Waals surface area contributed by atoms with Crippen LogP contribution in [-0.4, -0.2) is 21.2 Å². The lowest BCUT2D eigenvalue weighted by Crippen LogP contribution is -2.28. The summed E-state index contributed by atoms with van der Waals surface area (Å²) >= 11 is 7.31. The zero-order valence-electron chi connectivity index (χ0n) is 16.2. The Morgan fingerprint density at radius 1 is 1.13 bits per heavy atom. The fourth-order valence-electron chi connectivity index (χ4n) is 2.91. The number of hydrogen-bond donors (Lipinski definition) is 0. The summed E-state index contributed by atoms with van der Waals surface area (Å²) in [6.45, 7) is 2.71. The molecular weight excluding hydrogens is 422 g/mol. The average molecular weight is 440 g/mol. The van der Waals surface area contributed by atoms with E-state index in [1.165, 1.54) is 4.52 Å². The second-order valence-corrected chi connectivity index (χ2v) is 8.08. The van der Waals surface area contributed by atoms with Gasteiger partial charge >= 0.3 is 0 Å². The number of nitrogens with zero attached hydrogens (tertiary/aromatic N) is 3. The average Bonchev–Trinajstić information content (AvgIpc) is 3.04. The predicted molar refractivity (Wildman–Crippen MR) is 119 cm³/mol. The second kappa shape index (κ2) is 8.77. The standard InChI is InChI=1S/C22H18ClN3O3S/c1-2-11-29-16-9-7-14(8-10-16)12-19-21(28)26-22(30-19)24-20(27)18(25-26)13-15-5-3-4-6-17(15)23/h3-10,12H,2,11,13H2,1H3. The number of hydrogen-bond acceptors (Lipinski definition) is 6. The highest BCUT2D eigenvalue weighted by molar-refractivity contribution is 7.15. The number of fused-ring (bicyclic) bond motifs is 1. The van der Waals surface area contributed by atoms with E-state index in [0.717, 1.165) is 34.6 Å². The van der Waals surface area contributed by atoms with E-state index in [0.29, 0.717) is 16.2 Å². The highest BCUT2D eigenvalue weighted by atomic mass is 35.5. The van der Waals surface area contributed by atoms with Crippen LogP contribution >= 0.6 is 22.9 Å². The Bertz CT molecular complexity index is 1360. The molecule has 0 radical (unpaired) electrons. The van der Waals surface area contributed by atoms with Crippen molar-refractivity contribution in [2.45, 2.75) is 19.8 Å². The maximum Gasteiger partial charge on any atom is 0.296 e. The minimum absolute atomic E-state index is 0.180. The van der Waals surface area contributed by atoms with Gasteiger partial charge in [0.2, 0.25) is 4.96 Å². The van der Waals surface area contributed by atoms with E-state index in [9.17, 15) is 9.59 Å². The molecule has 0 spiro atoms. The van der Waals surface area contributed by atoms with Gasteiger partial charge in [-0.25, -0.2) is 0 Å². The summed E-state index contributed by atoms with van der Waals surface area (Å²) in [5.74, 6) is 0.783. The zero-order chi connectivity index (χ0) is 21.1. The second-order valence-electron chi connectivity index (χ2n) is 6.66. The molecule has 0 aliphatic carbocycles. The topological polar surface area (TPSA) is 73.6 Å². The van der Waals surface area contributed by atoms with Gasteiger partial charge in [0.05, 0.1) is 11.1 Å². The maximum atomic E-state index is 12.8. The maximum absolute atomic E-state index is 12.8. The van der Waals surface area contributed by atoms with Crippen molar-refractivity contribution in [2.24, 2.45) is 0 Å². The van der Waals surface area contributed by atoms with Crippen molar-refractivity contribution >= 4 is 34.0 Å². The van der Waals surface area contributed by atoms with E-state index in [2.05, 4.69) is 10.1 Å². The summed E-state index contributed by atoms with van der Waals surface area (Å²) in [7, 11) is 0. The van der Waals surface area contributed by atoms with E-state index in [4.69, 9.17) is 16.3 Å². The fraction of sp³-hybridized carbons (Fsp3) is 0.182. The molecule has 8 heteroatoms. The van der Waals surface area contributed by atoms with Crippen molar-refractivity contribution in [1.82, 2.24) is 14.6 Å². The molecule has 0 bridgehead atoms. The third kappa shape index (κ3) is 4.27. The van der Waals surface area contributed by atoms with Gasteiger partial charge in [-0.3, -0.25) is 9.59 Å². The van der Waals surface area contributed by atoms with Gasteiger partial charge in [0.1, 0.15) is 11.4 Å². The molecule has 2 aromatic heterocycles. The van der Waals surface area contributed by atoms with Crippen molar-refractivity contribution in [3.8, 4) is 5.75 Å². The van der Waals surface area contributed by atoms with Gasteiger partial charge in [0, 0.05) is 11.4 Å². The molecule has 0 N–H and O–H groups in total. The molecule has 0 saturated heterocycles. The van der Waals surface area contributed by atoms with Crippen LogP contribution in [-0.2, 0) is 6.42 Å². The summed E-state index contributed by atoms with van der Waals surface area (Å²) in [5, 5.41) is 4.80. The fourth-order valence-corrected chi connectivity index (χ4v) is 4.01. The minimum atomic E-state index is -0.458. The summed E-state index contributed by atoms with van der Waals surface area (Å²) in [4.78, 5) is 29.5. The molecule has 4 aromatic rings. The van der Waals surface area contributed by atoms with Gasteiger partial charge in [-0.15, -0.1) is 0 Å². The first-order valence-electron chi connectivity index (χ1n) is 9.46. The lowest BCUT2D eigenvalue weighted by Gasteiger charge is -2.03. The Morgan fingerprint density at radius 2 is 1.90 bits per heavy atom. The van der Waals surface area contributed by atoms with Crippen molar-refractivity contribution in [3.05, 3.63) is 95.6 Å². The first kappa shape index (κ1) is 20.3. The summed E-state index contributed by atoms with van der Waals surface area (Å²) in [6.07, 6.45) is 2.90. The molecule has 6 nitrogen and oxygen atoms in total. The SMILES string of the molecule is CCCOc1ccc(C=c2sc3nc(=O)c(Cc4ccccc4Cl)nn3c2=O)cc1. The Balaban J connectivity index is 1.70. The Kier molecular flexibility index (Phi) is 5.92. The predicted octanol–water partition coefficient (Wildman–Crippen LogP) is 3.09. The van der Waals surface area contributed by atoms with Crippen molar-refractivity contribution < 1.29 is 4.74 Å². The van der Waals surface area contributed by atoms with Gasteiger partial charge in [0.15, 0.2) is 0 Å². The smallest absolute Gasteiger partial charge is 0.296 e. The van der Waals surface area contributed by atoms with Crippen LogP contribution in [0.15, 0.2) is 58.1 Å². The van der Waals surface area contributed by atoms with Crippen LogP contribution in [0.4, 0.5) is 0 Å². The first-order chi connectivity index (χ1) is 14.5. The summed E-state index contributed by atoms with van der Waals surface area (Å²) in [6, 6.07) is 14.7. The molecule has 30 heavy (non-hydrogen) atoms. The van der Waals surface area contributed by atoms with Crippen LogP contribution in [0.3, 0.4) is 0 Å². The Morgan fingerprint density at radius 3 is 2.63 bits per heavy atom. The molecule has 0 atom stereocenters. The van der Waals surface area contributed by atoms with Gasteiger partial charge in [-0.1, -0.05) is 60.2 Å². The van der Waals surface area contributed by atoms with Gasteiger partial charge < -0.3 is 4.74 Å². The number of rotatable bonds is 6. The summed E-state index contributed by atoms with van der Waals surface area (Å²) in [5.41, 5.74) is 1.01. The molecule has 0 amide bonds. The van der Waals surface area contributed by atoms with Crippen LogP contribution in [0.5, 0.6) is 5.75 Å². The number of ether oxygens (including phenoxy) is 1. The van der Waals surface area contributed by atoms with E-state index in [-0.39, 0.29) is 22.6 Å². The molecular formula is C22H18ClN3O3S. The molecule has 0 unspecified atom stereocenters. The summed E-state index contributed by atoms with van der Waals surface area (Å²) < 4.78 is 7.21. The van der Waals surface area contributed by atoms with Crippen molar-refractivity contribution in [2.75, 3.05) is 6.61 Å². The van der Waals surface area contributed by atoms with Crippen LogP contribution in [0.2, 0.25) is 5.02 Å². The van der Waals surface area contributed by atoms with Gasteiger partial charge in [0.25, 0.3) is 11.1 Å². The van der Waals surface area contributed by atoms with Crippen molar-refractivity contribution in [1.29, 1.82) is 0 Å². The van der Waals surface area contributed by atoms with Crippen LogP contribution in [0, 0.1) is 0 Å². The molecule has 0 fully saturated rings. The first-order valence-corrected chi connectivity index (χ1v) is 10.7. The molecule has 0 aliphatic heterocycles. The lowest BCUT2D eigenvalue weighted by molar-refractivity contribution is 0.317. The molecule has 0 saturated carbocycles. The van der Waals surface area contributed by atoms with Crippen LogP contribution < -0.4 is 20.4 Å². The highest BCUT2D eigenvalue weighted by Gasteiger charge is 2.13. The Labute approximate surface area is 181 Å². The Hall–Kier alpha value is -3.03. The monoisotopic (exact) mass is 439 g/mol. The van der Waals surface area contributed by atoms with E-state index < -0.39 is 5.56 Å². The van der Waals surface area contributed by atoms with E-state index in [1.54, 1.807) is 12.1 Å². The third-order valence-electron chi connectivity index (χ3n) is 4.42. The zero-order valence-corrected chi connectivity index (χ0v) is 17.7. The van der Waals surface area contributed by atoms with Crippen molar-refractivity contribution in [3.63, 3.8) is 0 Å². The molecule has 152 valence electrons. The van der Waals surface area contributed by atoms with Gasteiger partial charge in [-0.2, -0.15) is 14.6 Å². The van der Waals surface area contributed by atoms with Crippen LogP contribution in [0.25, 0.3) is 11.0 Å². The van der Waals surface area contributed by atoms with E-state index in [1.807, 2.05) is 49.4 Å². The number of aromatic nitrogens is 3. The largest absolute Gasteiger partial charge is 0.494 e. The third-order valence-corrected chi connectivity index (χ3v) is 5.74. The molecule has 4 rings (SSSR count).